The van der Waals surface area contributed by atoms with Crippen LogP contribution in [-0.4, -0.2) is 28.0 Å². The molecule has 3 rings (SSSR count). The number of alkyl halides is 2. The van der Waals surface area contributed by atoms with Crippen LogP contribution in [0.5, 0.6) is 0 Å². The molecule has 0 amide bonds. The molecule has 0 radical (unpaired) electrons. The summed E-state index contributed by atoms with van der Waals surface area (Å²) in [4.78, 5) is 0. The Hall–Kier alpha value is -1.72. The van der Waals surface area contributed by atoms with Crippen LogP contribution in [0.15, 0.2) is 18.2 Å². The number of fused-ring (bicyclic) bond motifs is 1. The summed E-state index contributed by atoms with van der Waals surface area (Å²) in [6.07, 6.45) is -0.279. The predicted molar refractivity (Wildman–Crippen MR) is 60.3 cm³/mol. The quantitative estimate of drug-likeness (QED) is 0.873. The molecule has 1 aliphatic carbocycles. The lowest BCUT2D eigenvalue weighted by molar-refractivity contribution is -0.106. The smallest absolute Gasteiger partial charge is 0.252 e. The van der Waals surface area contributed by atoms with Crippen LogP contribution in [0.3, 0.4) is 0 Å². The van der Waals surface area contributed by atoms with E-state index in [4.69, 9.17) is 0 Å². The molecule has 2 aromatic rings. The van der Waals surface area contributed by atoms with E-state index in [1.54, 1.807) is 4.68 Å². The molecule has 0 saturated heterocycles. The summed E-state index contributed by atoms with van der Waals surface area (Å²) >= 11 is 0. The molecule has 0 bridgehead atoms. The van der Waals surface area contributed by atoms with E-state index in [9.17, 15) is 8.78 Å². The van der Waals surface area contributed by atoms with Gasteiger partial charge in [-0.05, 0) is 18.2 Å². The topological polar surface area (TPSA) is 42.7 Å². The van der Waals surface area contributed by atoms with Gasteiger partial charge in [-0.3, -0.25) is 0 Å². The van der Waals surface area contributed by atoms with E-state index < -0.39 is 5.92 Å². The van der Waals surface area contributed by atoms with Crippen LogP contribution in [0.25, 0.3) is 11.0 Å². The molecule has 1 aromatic heterocycles. The first-order chi connectivity index (χ1) is 8.09. The largest absolute Gasteiger partial charge is 0.388 e. The van der Waals surface area contributed by atoms with E-state index >= 15 is 0 Å². The molecule has 1 aliphatic rings. The second-order valence-electron chi connectivity index (χ2n) is 4.41. The molecule has 6 heteroatoms. The number of aromatic nitrogens is 3. The molecule has 1 aromatic carbocycles. The van der Waals surface area contributed by atoms with Gasteiger partial charge in [0.05, 0.1) is 11.6 Å². The summed E-state index contributed by atoms with van der Waals surface area (Å²) in [5.74, 6) is -2.53. The molecule has 17 heavy (non-hydrogen) atoms. The average Bonchev–Trinajstić information content (AvgIpc) is 2.67. The summed E-state index contributed by atoms with van der Waals surface area (Å²) in [5, 5.41) is 11.0. The Morgan fingerprint density at radius 1 is 1.41 bits per heavy atom. The highest BCUT2D eigenvalue weighted by atomic mass is 19.3. The number of nitrogens with zero attached hydrogens (tertiary/aromatic N) is 3. The monoisotopic (exact) mass is 238 g/mol. The number of rotatable bonds is 2. The third kappa shape index (κ3) is 1.64. The number of benzene rings is 1. The van der Waals surface area contributed by atoms with E-state index in [1.165, 1.54) is 0 Å². The molecule has 1 heterocycles. The lowest BCUT2D eigenvalue weighted by atomic mass is 9.88. The first-order valence-electron chi connectivity index (χ1n) is 5.50. The summed E-state index contributed by atoms with van der Waals surface area (Å²) < 4.78 is 27.3. The zero-order valence-electron chi connectivity index (χ0n) is 9.32. The normalized spacial score (nSPS) is 19.2. The van der Waals surface area contributed by atoms with Gasteiger partial charge in [0.25, 0.3) is 5.92 Å². The van der Waals surface area contributed by atoms with Crippen molar-refractivity contribution >= 4 is 16.7 Å². The molecular formula is C11H12F2N4. The Morgan fingerprint density at radius 2 is 2.18 bits per heavy atom. The Bertz CT molecular complexity index is 556. The van der Waals surface area contributed by atoms with Crippen LogP contribution in [0.4, 0.5) is 14.5 Å². The van der Waals surface area contributed by atoms with Crippen LogP contribution in [0.2, 0.25) is 0 Å². The van der Waals surface area contributed by atoms with Crippen molar-refractivity contribution < 1.29 is 8.78 Å². The number of nitrogens with one attached hydrogen (secondary N) is 1. The second kappa shape index (κ2) is 3.38. The van der Waals surface area contributed by atoms with Crippen molar-refractivity contribution in [3.63, 3.8) is 0 Å². The number of hydrogen-bond donors (Lipinski definition) is 1. The number of anilines is 1. The highest BCUT2D eigenvalue weighted by Gasteiger charge is 2.47. The van der Waals surface area contributed by atoms with E-state index in [1.807, 2.05) is 25.2 Å². The van der Waals surface area contributed by atoms with Crippen molar-refractivity contribution in [2.75, 3.05) is 12.4 Å². The van der Waals surface area contributed by atoms with Gasteiger partial charge in [0.1, 0.15) is 5.52 Å². The molecule has 0 spiro atoms. The van der Waals surface area contributed by atoms with E-state index in [2.05, 4.69) is 15.6 Å². The average molecular weight is 238 g/mol. The lowest BCUT2D eigenvalue weighted by Crippen LogP contribution is -2.37. The number of halogens is 2. The Kier molecular flexibility index (Phi) is 2.08. The van der Waals surface area contributed by atoms with Gasteiger partial charge in [0.15, 0.2) is 0 Å². The maximum atomic E-state index is 12.8. The molecule has 90 valence electrons. The van der Waals surface area contributed by atoms with Crippen LogP contribution >= 0.6 is 0 Å². The predicted octanol–water partition coefficient (Wildman–Crippen LogP) is 2.44. The van der Waals surface area contributed by atoms with Crippen LogP contribution < -0.4 is 5.32 Å². The Labute approximate surface area is 96.6 Å². The molecule has 0 aliphatic heterocycles. The van der Waals surface area contributed by atoms with E-state index in [-0.39, 0.29) is 18.9 Å². The van der Waals surface area contributed by atoms with Crippen molar-refractivity contribution in [3.8, 4) is 0 Å². The van der Waals surface area contributed by atoms with Gasteiger partial charge in [0.2, 0.25) is 0 Å². The van der Waals surface area contributed by atoms with Gasteiger partial charge in [-0.15, -0.1) is 5.10 Å². The highest BCUT2D eigenvalue weighted by Crippen LogP contribution is 2.45. The highest BCUT2D eigenvalue weighted by molar-refractivity contribution is 5.78. The maximum Gasteiger partial charge on any atom is 0.252 e. The van der Waals surface area contributed by atoms with E-state index in [0.717, 1.165) is 16.7 Å². The lowest BCUT2D eigenvalue weighted by Gasteiger charge is -2.34. The minimum absolute atomic E-state index is 0.140. The van der Waals surface area contributed by atoms with Crippen LogP contribution in [0, 0.1) is 0 Å². The molecule has 1 N–H and O–H groups in total. The molecule has 0 atom stereocenters. The molecule has 1 saturated carbocycles. The summed E-state index contributed by atoms with van der Waals surface area (Å²) in [6, 6.07) is 5.38. The summed E-state index contributed by atoms with van der Waals surface area (Å²) in [6.45, 7) is 0. The third-order valence-corrected chi connectivity index (χ3v) is 3.17. The van der Waals surface area contributed by atoms with Gasteiger partial charge in [-0.2, -0.15) is 0 Å². The first kappa shape index (κ1) is 10.4. The van der Waals surface area contributed by atoms with Crippen molar-refractivity contribution in [2.24, 2.45) is 0 Å². The van der Waals surface area contributed by atoms with Gasteiger partial charge in [-0.1, -0.05) is 5.21 Å². The van der Waals surface area contributed by atoms with Gasteiger partial charge in [0, 0.05) is 25.6 Å². The summed E-state index contributed by atoms with van der Waals surface area (Å²) in [7, 11) is 1.82. The fourth-order valence-electron chi connectivity index (χ4n) is 2.17. The standard InChI is InChI=1S/C11H12F2N4/c1-14-7-2-3-10-9(4-7)15-16-17(10)8-5-11(12,13)6-8/h2-4,8,14H,5-6H2,1H3. The fourth-order valence-corrected chi connectivity index (χ4v) is 2.17. The molecular weight excluding hydrogens is 226 g/mol. The SMILES string of the molecule is CNc1ccc2c(c1)nnn2C1CC(F)(F)C1. The van der Waals surface area contributed by atoms with Crippen molar-refractivity contribution in [2.45, 2.75) is 24.8 Å². The Balaban J connectivity index is 1.96. The van der Waals surface area contributed by atoms with Gasteiger partial charge in [-0.25, -0.2) is 13.5 Å². The van der Waals surface area contributed by atoms with Crippen molar-refractivity contribution in [3.05, 3.63) is 18.2 Å². The van der Waals surface area contributed by atoms with Gasteiger partial charge >= 0.3 is 0 Å². The second-order valence-corrected chi connectivity index (χ2v) is 4.41. The zero-order chi connectivity index (χ0) is 12.0. The van der Waals surface area contributed by atoms with Crippen LogP contribution in [-0.2, 0) is 0 Å². The third-order valence-electron chi connectivity index (χ3n) is 3.17. The minimum atomic E-state index is -2.53. The zero-order valence-corrected chi connectivity index (χ0v) is 9.32. The van der Waals surface area contributed by atoms with Crippen molar-refractivity contribution in [1.29, 1.82) is 0 Å². The molecule has 0 unspecified atom stereocenters. The van der Waals surface area contributed by atoms with E-state index in [0.29, 0.717) is 0 Å². The molecule has 1 fully saturated rings. The Morgan fingerprint density at radius 3 is 2.82 bits per heavy atom. The van der Waals surface area contributed by atoms with Crippen molar-refractivity contribution in [1.82, 2.24) is 15.0 Å². The van der Waals surface area contributed by atoms with Crippen LogP contribution in [0.1, 0.15) is 18.9 Å². The summed E-state index contributed by atoms with van der Waals surface area (Å²) in [5.41, 5.74) is 2.47. The number of hydrogen-bond acceptors (Lipinski definition) is 3. The fraction of sp³-hybridized carbons (Fsp3) is 0.455. The molecule has 4 nitrogen and oxygen atoms in total. The minimum Gasteiger partial charge on any atom is -0.388 e. The van der Waals surface area contributed by atoms with Gasteiger partial charge < -0.3 is 5.32 Å². The first-order valence-corrected chi connectivity index (χ1v) is 5.50. The maximum absolute atomic E-state index is 12.8.